The molecule has 0 radical (unpaired) electrons. The summed E-state index contributed by atoms with van der Waals surface area (Å²) in [6.07, 6.45) is 2.94. The first-order valence-electron chi connectivity index (χ1n) is 12.1. The third kappa shape index (κ3) is 4.73. The van der Waals surface area contributed by atoms with Crippen molar-refractivity contribution >= 4 is 27.5 Å². The second-order valence-corrected chi connectivity index (χ2v) is 10.9. The van der Waals surface area contributed by atoms with E-state index < -0.39 is 11.0 Å². The normalized spacial score (nSPS) is 21.2. The van der Waals surface area contributed by atoms with Crippen LogP contribution in [-0.2, 0) is 17.6 Å². The zero-order chi connectivity index (χ0) is 24.5. The molecule has 0 bridgehead atoms. The Morgan fingerprint density at radius 2 is 1.77 bits per heavy atom. The first kappa shape index (κ1) is 24.3. The third-order valence-corrected chi connectivity index (χ3v) is 8.29. The summed E-state index contributed by atoms with van der Waals surface area (Å²) < 4.78 is 7.08. The Morgan fingerprint density at radius 1 is 1.03 bits per heavy atom. The van der Waals surface area contributed by atoms with Crippen molar-refractivity contribution in [2.45, 2.75) is 43.3 Å². The fourth-order valence-electron chi connectivity index (χ4n) is 5.53. The number of hydrogen-bond donors (Lipinski definition) is 1. The fraction of sp³-hybridized carbons (Fsp3) is 0.345. The van der Waals surface area contributed by atoms with Crippen LogP contribution >= 0.6 is 27.5 Å². The molecule has 1 fully saturated rings. The van der Waals surface area contributed by atoms with Gasteiger partial charge in [-0.3, -0.25) is 0 Å². The van der Waals surface area contributed by atoms with E-state index in [4.69, 9.17) is 16.3 Å². The molecule has 2 aliphatic heterocycles. The lowest BCUT2D eigenvalue weighted by Gasteiger charge is -2.39. The standard InChI is InChI=1S/C29H28BrClN2O2/c30-23-8-11-27-26(18-23)28(20-32,25-5-2-1-4-21(25)19-35-27)12-3-15-33-16-13-29(34,14-17-33)22-6-9-24(31)10-7-22/h1-2,4-11,18,34H,3,12-17,19H2. The summed E-state index contributed by atoms with van der Waals surface area (Å²) in [5.41, 5.74) is 2.38. The molecule has 0 amide bonds. The molecule has 5 rings (SSSR count). The Hall–Kier alpha value is -2.36. The summed E-state index contributed by atoms with van der Waals surface area (Å²) in [5.74, 6) is 0.775. The van der Waals surface area contributed by atoms with Crippen LogP contribution in [0.3, 0.4) is 0 Å². The Bertz CT molecular complexity index is 1250. The van der Waals surface area contributed by atoms with Crippen molar-refractivity contribution in [1.82, 2.24) is 4.90 Å². The smallest absolute Gasteiger partial charge is 0.125 e. The SMILES string of the molecule is N#CC1(CCCN2CCC(O)(c3ccc(Cl)cc3)CC2)c2ccccc2COc2ccc(Br)cc21. The summed E-state index contributed by atoms with van der Waals surface area (Å²) >= 11 is 9.62. The van der Waals surface area contributed by atoms with E-state index in [-0.39, 0.29) is 0 Å². The number of halogens is 2. The molecule has 6 heteroatoms. The van der Waals surface area contributed by atoms with Crippen molar-refractivity contribution in [3.8, 4) is 11.8 Å². The van der Waals surface area contributed by atoms with E-state index >= 15 is 0 Å². The zero-order valence-electron chi connectivity index (χ0n) is 19.5. The maximum Gasteiger partial charge on any atom is 0.125 e. The molecule has 3 aromatic carbocycles. The highest BCUT2D eigenvalue weighted by Crippen LogP contribution is 2.46. The average Bonchev–Trinajstić information content (AvgIpc) is 3.01. The van der Waals surface area contributed by atoms with Gasteiger partial charge in [0.2, 0.25) is 0 Å². The summed E-state index contributed by atoms with van der Waals surface area (Å²) in [6.45, 7) is 2.98. The highest BCUT2D eigenvalue weighted by Gasteiger charge is 2.41. The summed E-state index contributed by atoms with van der Waals surface area (Å²) in [4.78, 5) is 2.40. The van der Waals surface area contributed by atoms with Crippen LogP contribution in [0.25, 0.3) is 0 Å². The molecule has 3 aromatic rings. The number of aliphatic hydroxyl groups is 1. The minimum absolute atomic E-state index is 0.462. The Balaban J connectivity index is 1.32. The molecular weight excluding hydrogens is 524 g/mol. The molecule has 1 atom stereocenters. The number of ether oxygens (including phenoxy) is 1. The lowest BCUT2D eigenvalue weighted by atomic mass is 9.71. The van der Waals surface area contributed by atoms with Crippen molar-refractivity contribution in [3.05, 3.63) is 98.5 Å². The van der Waals surface area contributed by atoms with E-state index in [9.17, 15) is 10.4 Å². The van der Waals surface area contributed by atoms with Crippen LogP contribution in [0, 0.1) is 11.3 Å². The van der Waals surface area contributed by atoms with Gasteiger partial charge in [0, 0.05) is 28.1 Å². The van der Waals surface area contributed by atoms with E-state index in [0.717, 1.165) is 58.5 Å². The summed E-state index contributed by atoms with van der Waals surface area (Å²) in [6, 6.07) is 24.3. The van der Waals surface area contributed by atoms with Crippen LogP contribution in [0.5, 0.6) is 5.75 Å². The molecule has 1 N–H and O–H groups in total. The molecule has 2 heterocycles. The number of piperidine rings is 1. The van der Waals surface area contributed by atoms with E-state index in [1.807, 2.05) is 54.6 Å². The van der Waals surface area contributed by atoms with Crippen LogP contribution in [0.2, 0.25) is 5.02 Å². The molecule has 0 saturated carbocycles. The minimum Gasteiger partial charge on any atom is -0.489 e. The Morgan fingerprint density at radius 3 is 2.51 bits per heavy atom. The fourth-order valence-corrected chi connectivity index (χ4v) is 6.02. The van der Waals surface area contributed by atoms with Crippen molar-refractivity contribution in [3.63, 3.8) is 0 Å². The monoisotopic (exact) mass is 550 g/mol. The van der Waals surface area contributed by atoms with Crippen molar-refractivity contribution in [2.75, 3.05) is 19.6 Å². The molecule has 2 aliphatic rings. The topological polar surface area (TPSA) is 56.5 Å². The van der Waals surface area contributed by atoms with Gasteiger partial charge in [-0.1, -0.05) is 63.9 Å². The average molecular weight is 552 g/mol. The minimum atomic E-state index is -0.808. The Labute approximate surface area is 220 Å². The molecule has 35 heavy (non-hydrogen) atoms. The van der Waals surface area contributed by atoms with E-state index in [0.29, 0.717) is 30.9 Å². The highest BCUT2D eigenvalue weighted by molar-refractivity contribution is 9.10. The van der Waals surface area contributed by atoms with Gasteiger partial charge in [0.1, 0.15) is 17.8 Å². The van der Waals surface area contributed by atoms with E-state index in [1.165, 1.54) is 0 Å². The number of hydrogen-bond acceptors (Lipinski definition) is 4. The van der Waals surface area contributed by atoms with Gasteiger partial charge in [0.25, 0.3) is 0 Å². The largest absolute Gasteiger partial charge is 0.489 e. The molecular formula is C29H28BrClN2O2. The van der Waals surface area contributed by atoms with E-state index in [1.54, 1.807) is 0 Å². The zero-order valence-corrected chi connectivity index (χ0v) is 21.9. The maximum absolute atomic E-state index is 11.2. The molecule has 1 unspecified atom stereocenters. The number of fused-ring (bicyclic) bond motifs is 2. The molecule has 0 spiro atoms. The summed E-state index contributed by atoms with van der Waals surface area (Å²) in [7, 11) is 0. The van der Waals surface area contributed by atoms with Crippen molar-refractivity contribution in [2.24, 2.45) is 0 Å². The van der Waals surface area contributed by atoms with Crippen LogP contribution in [0.15, 0.2) is 71.2 Å². The van der Waals surface area contributed by atoms with Gasteiger partial charge in [-0.2, -0.15) is 5.26 Å². The molecule has 1 saturated heterocycles. The van der Waals surface area contributed by atoms with Gasteiger partial charge in [0.05, 0.1) is 11.7 Å². The van der Waals surface area contributed by atoms with Crippen LogP contribution < -0.4 is 4.74 Å². The number of likely N-dealkylation sites (tertiary alicyclic amines) is 1. The van der Waals surface area contributed by atoms with Gasteiger partial charge in [-0.05, 0) is 79.3 Å². The van der Waals surface area contributed by atoms with Gasteiger partial charge < -0.3 is 14.7 Å². The van der Waals surface area contributed by atoms with Crippen LogP contribution in [0.4, 0.5) is 0 Å². The van der Waals surface area contributed by atoms with Crippen LogP contribution in [0.1, 0.15) is 47.9 Å². The van der Waals surface area contributed by atoms with Gasteiger partial charge in [-0.25, -0.2) is 0 Å². The first-order chi connectivity index (χ1) is 16.9. The third-order valence-electron chi connectivity index (χ3n) is 7.54. The van der Waals surface area contributed by atoms with Gasteiger partial charge >= 0.3 is 0 Å². The molecule has 0 aliphatic carbocycles. The predicted octanol–water partition coefficient (Wildman–Crippen LogP) is 6.57. The molecule has 4 nitrogen and oxygen atoms in total. The first-order valence-corrected chi connectivity index (χ1v) is 13.2. The quantitative estimate of drug-likeness (QED) is 0.390. The highest BCUT2D eigenvalue weighted by atomic mass is 79.9. The van der Waals surface area contributed by atoms with Crippen LogP contribution in [-0.4, -0.2) is 29.6 Å². The van der Waals surface area contributed by atoms with Crippen molar-refractivity contribution < 1.29 is 9.84 Å². The lowest BCUT2D eigenvalue weighted by molar-refractivity contribution is -0.0262. The van der Waals surface area contributed by atoms with Gasteiger partial charge in [0.15, 0.2) is 0 Å². The summed E-state index contributed by atoms with van der Waals surface area (Å²) in [5, 5.41) is 22.5. The molecule has 0 aromatic heterocycles. The maximum atomic E-state index is 11.2. The van der Waals surface area contributed by atoms with Crippen molar-refractivity contribution in [1.29, 1.82) is 5.26 Å². The van der Waals surface area contributed by atoms with Gasteiger partial charge in [-0.15, -0.1) is 0 Å². The molecule has 180 valence electrons. The number of nitriles is 1. The second-order valence-electron chi connectivity index (χ2n) is 9.59. The predicted molar refractivity (Wildman–Crippen MR) is 142 cm³/mol. The van der Waals surface area contributed by atoms with E-state index in [2.05, 4.69) is 39.0 Å². The lowest BCUT2D eigenvalue weighted by Crippen LogP contribution is -2.43. The second kappa shape index (κ2) is 9.95. The Kier molecular flexibility index (Phi) is 6.92. The number of nitrogens with zero attached hydrogens (tertiary/aromatic N) is 2. The number of benzene rings is 3. The number of rotatable bonds is 5.